The number of methoxy groups -OCH3 is 1. The molecule has 2 aromatic carbocycles. The van der Waals surface area contributed by atoms with E-state index in [4.69, 9.17) is 14.2 Å². The summed E-state index contributed by atoms with van der Waals surface area (Å²) in [5, 5.41) is 2.61. The van der Waals surface area contributed by atoms with Crippen LogP contribution in [0.15, 0.2) is 42.5 Å². The molecule has 29 heavy (non-hydrogen) atoms. The van der Waals surface area contributed by atoms with Crippen molar-refractivity contribution in [2.75, 3.05) is 32.2 Å². The lowest BCUT2D eigenvalue weighted by Gasteiger charge is -2.20. The van der Waals surface area contributed by atoms with Crippen LogP contribution in [0, 0.1) is 0 Å². The number of fused-ring (bicyclic) bond motifs is 1. The molecule has 9 heteroatoms. The summed E-state index contributed by atoms with van der Waals surface area (Å²) in [6.45, 7) is -0.520. The van der Waals surface area contributed by atoms with Crippen LogP contribution in [0.4, 0.5) is 18.9 Å². The standard InChI is InChI=1S/C20H18F3NO5/c1-26-16-10-13(11-17-19(16)28-9-8-27-17)2-7-18(25)24-14-3-5-15(6-4-14)29-12-20(21,22)23/h2-7,10-11H,8-9,12H2,1H3,(H,24,25)/b7-2+. The topological polar surface area (TPSA) is 66.0 Å². The van der Waals surface area contributed by atoms with Crippen LogP contribution in [0.2, 0.25) is 0 Å². The fourth-order valence-corrected chi connectivity index (χ4v) is 2.55. The number of hydrogen-bond donors (Lipinski definition) is 1. The van der Waals surface area contributed by atoms with E-state index in [-0.39, 0.29) is 5.75 Å². The maximum Gasteiger partial charge on any atom is 0.422 e. The molecule has 0 spiro atoms. The maximum atomic E-state index is 12.1. The van der Waals surface area contributed by atoms with Gasteiger partial charge in [0.15, 0.2) is 18.1 Å². The van der Waals surface area contributed by atoms with Crippen molar-refractivity contribution in [1.29, 1.82) is 0 Å². The predicted molar refractivity (Wildman–Crippen MR) is 99.6 cm³/mol. The predicted octanol–water partition coefficient (Wildman–Crippen LogP) is 4.06. The second-order valence-electron chi connectivity index (χ2n) is 6.00. The number of hydrogen-bond acceptors (Lipinski definition) is 5. The van der Waals surface area contributed by atoms with E-state index in [9.17, 15) is 18.0 Å². The lowest BCUT2D eigenvalue weighted by molar-refractivity contribution is -0.153. The van der Waals surface area contributed by atoms with E-state index in [0.29, 0.717) is 41.7 Å². The van der Waals surface area contributed by atoms with Crippen LogP contribution >= 0.6 is 0 Å². The molecule has 0 atom stereocenters. The molecule has 1 aliphatic rings. The summed E-state index contributed by atoms with van der Waals surface area (Å²) in [5.41, 5.74) is 1.09. The van der Waals surface area contributed by atoms with E-state index in [1.165, 1.54) is 37.5 Å². The number of amides is 1. The number of rotatable bonds is 6. The lowest BCUT2D eigenvalue weighted by Crippen LogP contribution is -2.19. The molecule has 3 rings (SSSR count). The number of carbonyl (C=O) groups is 1. The van der Waals surface area contributed by atoms with Gasteiger partial charge in [-0.3, -0.25) is 4.79 Å². The van der Waals surface area contributed by atoms with Crippen molar-refractivity contribution >= 4 is 17.7 Å². The monoisotopic (exact) mass is 409 g/mol. The fourth-order valence-electron chi connectivity index (χ4n) is 2.55. The second kappa shape index (κ2) is 8.76. The van der Waals surface area contributed by atoms with Gasteiger partial charge >= 0.3 is 6.18 Å². The Bertz CT molecular complexity index is 877. The SMILES string of the molecule is COc1cc(/C=C/C(=O)Nc2ccc(OCC(F)(F)F)cc2)cc2c1OCCO2. The first-order chi connectivity index (χ1) is 13.8. The number of alkyl halides is 3. The molecule has 2 aromatic rings. The van der Waals surface area contributed by atoms with Crippen LogP contribution in [0.25, 0.3) is 6.08 Å². The van der Waals surface area contributed by atoms with Crippen molar-refractivity contribution < 1.29 is 36.9 Å². The molecule has 6 nitrogen and oxygen atoms in total. The number of anilines is 1. The normalized spacial score (nSPS) is 13.2. The molecule has 0 aromatic heterocycles. The molecule has 0 saturated heterocycles. The molecule has 1 heterocycles. The minimum absolute atomic E-state index is 0.0549. The third-order valence-electron chi connectivity index (χ3n) is 3.80. The summed E-state index contributed by atoms with van der Waals surface area (Å²) >= 11 is 0. The highest BCUT2D eigenvalue weighted by atomic mass is 19.4. The van der Waals surface area contributed by atoms with Crippen molar-refractivity contribution in [1.82, 2.24) is 0 Å². The van der Waals surface area contributed by atoms with Crippen LogP contribution in [0.1, 0.15) is 5.56 Å². The number of ether oxygens (including phenoxy) is 4. The Hall–Kier alpha value is -3.36. The fraction of sp³-hybridized carbons (Fsp3) is 0.250. The average Bonchev–Trinajstić information content (AvgIpc) is 2.70. The molecular formula is C20H18F3NO5. The minimum atomic E-state index is -4.41. The van der Waals surface area contributed by atoms with Gasteiger partial charge in [0.1, 0.15) is 19.0 Å². The van der Waals surface area contributed by atoms with Crippen LogP contribution < -0.4 is 24.3 Å². The number of nitrogens with one attached hydrogen (secondary N) is 1. The molecule has 1 N–H and O–H groups in total. The average molecular weight is 409 g/mol. The zero-order chi connectivity index (χ0) is 20.9. The molecular weight excluding hydrogens is 391 g/mol. The largest absolute Gasteiger partial charge is 0.493 e. The summed E-state index contributed by atoms with van der Waals surface area (Å²) in [6.07, 6.45) is -1.51. The minimum Gasteiger partial charge on any atom is -0.493 e. The van der Waals surface area contributed by atoms with E-state index in [1.54, 1.807) is 18.2 Å². The van der Waals surface area contributed by atoms with Crippen molar-refractivity contribution in [3.63, 3.8) is 0 Å². The van der Waals surface area contributed by atoms with Gasteiger partial charge in [-0.1, -0.05) is 0 Å². The summed E-state index contributed by atoms with van der Waals surface area (Å²) in [4.78, 5) is 12.1. The van der Waals surface area contributed by atoms with Crippen molar-refractivity contribution in [3.8, 4) is 23.0 Å². The quantitative estimate of drug-likeness (QED) is 0.729. The Labute approximate surface area is 164 Å². The van der Waals surface area contributed by atoms with Gasteiger partial charge in [0.2, 0.25) is 11.7 Å². The number of carbonyl (C=O) groups excluding carboxylic acids is 1. The molecule has 1 aliphatic heterocycles. The third kappa shape index (κ3) is 5.81. The van der Waals surface area contributed by atoms with Crippen LogP contribution in [-0.4, -0.2) is 39.0 Å². The van der Waals surface area contributed by atoms with Crippen LogP contribution in [-0.2, 0) is 4.79 Å². The van der Waals surface area contributed by atoms with Gasteiger partial charge in [0.05, 0.1) is 7.11 Å². The van der Waals surface area contributed by atoms with Gasteiger partial charge in [-0.05, 0) is 48.0 Å². The van der Waals surface area contributed by atoms with Gasteiger partial charge in [-0.25, -0.2) is 0 Å². The van der Waals surface area contributed by atoms with Gasteiger partial charge in [-0.2, -0.15) is 13.2 Å². The Morgan fingerprint density at radius 2 is 1.90 bits per heavy atom. The zero-order valence-corrected chi connectivity index (χ0v) is 15.4. The van der Waals surface area contributed by atoms with Crippen LogP contribution in [0.5, 0.6) is 23.0 Å². The van der Waals surface area contributed by atoms with E-state index in [1.807, 2.05) is 0 Å². The lowest BCUT2D eigenvalue weighted by atomic mass is 10.1. The van der Waals surface area contributed by atoms with Gasteiger partial charge in [0, 0.05) is 11.8 Å². The van der Waals surface area contributed by atoms with Gasteiger partial charge < -0.3 is 24.3 Å². The molecule has 0 aliphatic carbocycles. The Morgan fingerprint density at radius 1 is 1.17 bits per heavy atom. The van der Waals surface area contributed by atoms with Crippen molar-refractivity contribution in [2.24, 2.45) is 0 Å². The molecule has 154 valence electrons. The summed E-state index contributed by atoms with van der Waals surface area (Å²) in [7, 11) is 1.51. The third-order valence-corrected chi connectivity index (χ3v) is 3.80. The van der Waals surface area contributed by atoms with E-state index in [2.05, 4.69) is 10.1 Å². The highest BCUT2D eigenvalue weighted by Crippen LogP contribution is 2.40. The summed E-state index contributed by atoms with van der Waals surface area (Å²) in [5.74, 6) is 1.19. The molecule has 0 radical (unpaired) electrons. The maximum absolute atomic E-state index is 12.1. The zero-order valence-electron chi connectivity index (χ0n) is 15.4. The first kappa shape index (κ1) is 20.4. The second-order valence-corrected chi connectivity index (χ2v) is 6.00. The molecule has 0 bridgehead atoms. The highest BCUT2D eigenvalue weighted by Gasteiger charge is 2.28. The smallest absolute Gasteiger partial charge is 0.422 e. The molecule has 0 unspecified atom stereocenters. The van der Waals surface area contributed by atoms with E-state index >= 15 is 0 Å². The van der Waals surface area contributed by atoms with E-state index in [0.717, 1.165) is 0 Å². The first-order valence-electron chi connectivity index (χ1n) is 8.60. The Balaban J connectivity index is 1.61. The summed E-state index contributed by atoms with van der Waals surface area (Å²) < 4.78 is 57.4. The molecule has 1 amide bonds. The first-order valence-corrected chi connectivity index (χ1v) is 8.60. The highest BCUT2D eigenvalue weighted by molar-refractivity contribution is 6.02. The Morgan fingerprint density at radius 3 is 2.59 bits per heavy atom. The van der Waals surface area contributed by atoms with Crippen LogP contribution in [0.3, 0.4) is 0 Å². The Kier molecular flexibility index (Phi) is 6.16. The number of benzene rings is 2. The number of halogens is 3. The summed E-state index contributed by atoms with van der Waals surface area (Å²) in [6, 6.07) is 9.03. The van der Waals surface area contributed by atoms with Gasteiger partial charge in [0.25, 0.3) is 0 Å². The van der Waals surface area contributed by atoms with E-state index < -0.39 is 18.7 Å². The molecule has 0 saturated carbocycles. The molecule has 0 fully saturated rings. The van der Waals surface area contributed by atoms with Gasteiger partial charge in [-0.15, -0.1) is 0 Å². The van der Waals surface area contributed by atoms with Crippen molar-refractivity contribution in [3.05, 3.63) is 48.0 Å². The van der Waals surface area contributed by atoms with Crippen molar-refractivity contribution in [2.45, 2.75) is 6.18 Å².